The summed E-state index contributed by atoms with van der Waals surface area (Å²) in [5.41, 5.74) is -0.345. The maximum Gasteiger partial charge on any atom is 0.225 e. The summed E-state index contributed by atoms with van der Waals surface area (Å²) in [4.78, 5) is 40.2. The third-order valence-electron chi connectivity index (χ3n) is 4.50. The van der Waals surface area contributed by atoms with Gasteiger partial charge in [-0.25, -0.2) is 0 Å². The summed E-state index contributed by atoms with van der Waals surface area (Å²) in [6.07, 6.45) is 0.386. The van der Waals surface area contributed by atoms with Gasteiger partial charge in [0.1, 0.15) is 0 Å². The number of carbonyl (C=O) groups is 3. The molecule has 2 aliphatic heterocycles. The zero-order chi connectivity index (χ0) is 16.5. The summed E-state index contributed by atoms with van der Waals surface area (Å²) in [5.74, 6) is 0.0508. The van der Waals surface area contributed by atoms with Gasteiger partial charge in [0.05, 0.1) is 0 Å². The lowest BCUT2D eigenvalue weighted by Gasteiger charge is -2.33. The Hall–Kier alpha value is -1.59. The molecule has 2 saturated heterocycles. The van der Waals surface area contributed by atoms with Gasteiger partial charge in [0.15, 0.2) is 0 Å². The summed E-state index contributed by atoms with van der Waals surface area (Å²) < 4.78 is 0. The van der Waals surface area contributed by atoms with Crippen molar-refractivity contribution in [3.05, 3.63) is 0 Å². The van der Waals surface area contributed by atoms with Crippen LogP contribution in [-0.4, -0.2) is 60.2 Å². The van der Waals surface area contributed by atoms with Gasteiger partial charge < -0.3 is 15.1 Å². The maximum absolute atomic E-state index is 12.4. The van der Waals surface area contributed by atoms with Crippen molar-refractivity contribution >= 4 is 17.7 Å². The van der Waals surface area contributed by atoms with Gasteiger partial charge in [0.2, 0.25) is 17.7 Å². The number of nitrogens with one attached hydrogen (secondary N) is 1. The highest BCUT2D eigenvalue weighted by Crippen LogP contribution is 2.31. The molecule has 2 aliphatic rings. The van der Waals surface area contributed by atoms with E-state index in [0.717, 1.165) is 0 Å². The predicted molar refractivity (Wildman–Crippen MR) is 82.9 cm³/mol. The van der Waals surface area contributed by atoms with Crippen molar-refractivity contribution in [2.75, 3.05) is 32.7 Å². The van der Waals surface area contributed by atoms with E-state index in [0.29, 0.717) is 39.1 Å². The average molecular weight is 309 g/mol. The molecule has 0 aromatic carbocycles. The smallest absolute Gasteiger partial charge is 0.225 e. The second-order valence-corrected chi connectivity index (χ2v) is 7.28. The topological polar surface area (TPSA) is 69.7 Å². The van der Waals surface area contributed by atoms with Gasteiger partial charge >= 0.3 is 0 Å². The summed E-state index contributed by atoms with van der Waals surface area (Å²) in [6, 6.07) is 0. The van der Waals surface area contributed by atoms with E-state index in [1.54, 1.807) is 0 Å². The van der Waals surface area contributed by atoms with Crippen LogP contribution in [0.2, 0.25) is 0 Å². The molecule has 0 aromatic rings. The van der Waals surface area contributed by atoms with E-state index in [2.05, 4.69) is 5.32 Å². The molecule has 0 saturated carbocycles. The van der Waals surface area contributed by atoms with Crippen LogP contribution in [0.25, 0.3) is 0 Å². The fourth-order valence-corrected chi connectivity index (χ4v) is 3.34. The lowest BCUT2D eigenvalue weighted by molar-refractivity contribution is -0.136. The Morgan fingerprint density at radius 2 is 1.45 bits per heavy atom. The Bertz CT molecular complexity index is 443. The quantitative estimate of drug-likeness (QED) is 0.806. The Morgan fingerprint density at radius 3 is 1.77 bits per heavy atom. The van der Waals surface area contributed by atoms with E-state index in [-0.39, 0.29) is 35.0 Å². The lowest BCUT2D eigenvalue weighted by atomic mass is 9.85. The molecule has 124 valence electrons. The van der Waals surface area contributed by atoms with Crippen LogP contribution in [0.3, 0.4) is 0 Å². The number of hydrogen-bond acceptors (Lipinski definition) is 3. The first-order valence-corrected chi connectivity index (χ1v) is 8.08. The van der Waals surface area contributed by atoms with Crippen LogP contribution < -0.4 is 5.32 Å². The standard InChI is InChI=1S/C16H27N3O3/c1-11(2)14(21)18-5-6-19(15(22)12(3)4)10-16(9-18)7-13(20)17-8-16/h11-12H,5-10H2,1-4H3,(H,17,20). The molecule has 0 aromatic heterocycles. The molecule has 3 amide bonds. The predicted octanol–water partition coefficient (Wildman–Crippen LogP) is 0.476. The van der Waals surface area contributed by atoms with Crippen molar-refractivity contribution in [2.45, 2.75) is 34.1 Å². The third-order valence-corrected chi connectivity index (χ3v) is 4.50. The van der Waals surface area contributed by atoms with E-state index in [1.807, 2.05) is 37.5 Å². The minimum Gasteiger partial charge on any atom is -0.355 e. The third kappa shape index (κ3) is 3.42. The first kappa shape index (κ1) is 16.8. The number of rotatable bonds is 2. The van der Waals surface area contributed by atoms with Crippen molar-refractivity contribution in [3.8, 4) is 0 Å². The van der Waals surface area contributed by atoms with Gasteiger partial charge in [-0.3, -0.25) is 14.4 Å². The Morgan fingerprint density at radius 1 is 1.00 bits per heavy atom. The van der Waals surface area contributed by atoms with Gasteiger partial charge in [-0.1, -0.05) is 27.7 Å². The summed E-state index contributed by atoms with van der Waals surface area (Å²) >= 11 is 0. The fourth-order valence-electron chi connectivity index (χ4n) is 3.34. The Labute approximate surface area is 132 Å². The molecule has 2 rings (SSSR count). The Balaban J connectivity index is 2.24. The highest BCUT2D eigenvalue weighted by molar-refractivity contribution is 5.82. The molecule has 0 radical (unpaired) electrons. The molecule has 22 heavy (non-hydrogen) atoms. The van der Waals surface area contributed by atoms with E-state index in [4.69, 9.17) is 0 Å². The minimum atomic E-state index is -0.345. The molecule has 0 bridgehead atoms. The van der Waals surface area contributed by atoms with Gasteiger partial charge in [-0.05, 0) is 0 Å². The minimum absolute atomic E-state index is 0.00999. The largest absolute Gasteiger partial charge is 0.355 e. The molecule has 2 heterocycles. The molecule has 0 atom stereocenters. The van der Waals surface area contributed by atoms with Crippen LogP contribution in [0.5, 0.6) is 0 Å². The van der Waals surface area contributed by atoms with Gasteiger partial charge in [0.25, 0.3) is 0 Å². The molecule has 1 spiro atoms. The van der Waals surface area contributed by atoms with Crippen LogP contribution in [0, 0.1) is 17.3 Å². The number of nitrogens with zero attached hydrogens (tertiary/aromatic N) is 2. The highest BCUT2D eigenvalue weighted by Gasteiger charge is 2.45. The number of hydrogen-bond donors (Lipinski definition) is 1. The van der Waals surface area contributed by atoms with E-state index < -0.39 is 0 Å². The molecular formula is C16H27N3O3. The Kier molecular flexibility index (Phi) is 4.78. The van der Waals surface area contributed by atoms with E-state index >= 15 is 0 Å². The van der Waals surface area contributed by atoms with Gasteiger partial charge in [-0.2, -0.15) is 0 Å². The SMILES string of the molecule is CC(C)C(=O)N1CCN(C(=O)C(C)C)CC2(CNC(=O)C2)C1. The summed E-state index contributed by atoms with van der Waals surface area (Å²) in [6.45, 7) is 10.3. The molecule has 0 aliphatic carbocycles. The number of amides is 3. The van der Waals surface area contributed by atoms with Crippen molar-refractivity contribution < 1.29 is 14.4 Å². The van der Waals surface area contributed by atoms with Gasteiger partial charge in [-0.15, -0.1) is 0 Å². The van der Waals surface area contributed by atoms with Gasteiger partial charge in [0, 0.05) is 56.4 Å². The van der Waals surface area contributed by atoms with Crippen LogP contribution in [0.1, 0.15) is 34.1 Å². The molecule has 6 nitrogen and oxygen atoms in total. The normalized spacial score (nSPS) is 21.5. The second-order valence-electron chi connectivity index (χ2n) is 7.28. The summed E-state index contributed by atoms with van der Waals surface area (Å²) in [5, 5.41) is 2.87. The van der Waals surface area contributed by atoms with E-state index in [9.17, 15) is 14.4 Å². The van der Waals surface area contributed by atoms with Crippen LogP contribution >= 0.6 is 0 Å². The second kappa shape index (κ2) is 6.26. The van der Waals surface area contributed by atoms with Crippen LogP contribution in [-0.2, 0) is 14.4 Å². The van der Waals surface area contributed by atoms with Crippen LogP contribution in [0.15, 0.2) is 0 Å². The van der Waals surface area contributed by atoms with Crippen molar-refractivity contribution in [3.63, 3.8) is 0 Å². The molecule has 6 heteroatoms. The zero-order valence-electron chi connectivity index (χ0n) is 14.0. The van der Waals surface area contributed by atoms with E-state index in [1.165, 1.54) is 0 Å². The van der Waals surface area contributed by atoms with Crippen molar-refractivity contribution in [1.29, 1.82) is 0 Å². The molecule has 2 fully saturated rings. The maximum atomic E-state index is 12.4. The molecule has 1 N–H and O–H groups in total. The summed E-state index contributed by atoms with van der Waals surface area (Å²) in [7, 11) is 0. The first-order valence-electron chi connectivity index (χ1n) is 8.08. The van der Waals surface area contributed by atoms with Crippen molar-refractivity contribution in [2.24, 2.45) is 17.3 Å². The number of carbonyl (C=O) groups excluding carboxylic acids is 3. The average Bonchev–Trinajstić information content (AvgIpc) is 2.69. The highest BCUT2D eigenvalue weighted by atomic mass is 16.2. The lowest BCUT2D eigenvalue weighted by Crippen LogP contribution is -2.46. The first-order chi connectivity index (χ1) is 10.2. The monoisotopic (exact) mass is 309 g/mol. The molecular weight excluding hydrogens is 282 g/mol. The zero-order valence-corrected chi connectivity index (χ0v) is 14.0. The van der Waals surface area contributed by atoms with Crippen molar-refractivity contribution in [1.82, 2.24) is 15.1 Å². The molecule has 0 unspecified atom stereocenters. The fraction of sp³-hybridized carbons (Fsp3) is 0.812. The van der Waals surface area contributed by atoms with Crippen LogP contribution in [0.4, 0.5) is 0 Å².